The second-order valence-electron chi connectivity index (χ2n) is 3.10. The standard InChI is InChI=1S/C7H6N2O5/c8-7-3-4(9(12)13)1-2-6(7,14-7)5(10)11/h1-3H,8H2,(H,10,11). The predicted molar refractivity (Wildman–Crippen MR) is 42.6 cm³/mol. The molecule has 1 aliphatic carbocycles. The average Bonchev–Trinajstić information content (AvgIpc) is 2.70. The summed E-state index contributed by atoms with van der Waals surface area (Å²) in [7, 11) is 0. The van der Waals surface area contributed by atoms with E-state index in [0.717, 1.165) is 18.2 Å². The zero-order valence-electron chi connectivity index (χ0n) is 6.84. The maximum absolute atomic E-state index is 10.7. The molecular weight excluding hydrogens is 192 g/mol. The van der Waals surface area contributed by atoms with Gasteiger partial charge in [0.2, 0.25) is 5.60 Å². The van der Waals surface area contributed by atoms with Crippen LogP contribution in [0.4, 0.5) is 0 Å². The van der Waals surface area contributed by atoms with Crippen molar-refractivity contribution in [1.29, 1.82) is 0 Å². The van der Waals surface area contributed by atoms with Gasteiger partial charge in [0, 0.05) is 12.2 Å². The Labute approximate surface area is 77.6 Å². The van der Waals surface area contributed by atoms with Crippen molar-refractivity contribution in [3.05, 3.63) is 34.0 Å². The van der Waals surface area contributed by atoms with E-state index in [4.69, 9.17) is 15.6 Å². The number of rotatable bonds is 2. The first kappa shape index (κ1) is 8.85. The molecule has 0 saturated carbocycles. The van der Waals surface area contributed by atoms with Crippen LogP contribution in [0, 0.1) is 10.1 Å². The van der Waals surface area contributed by atoms with Crippen LogP contribution in [0.5, 0.6) is 0 Å². The Balaban J connectivity index is 2.38. The van der Waals surface area contributed by atoms with Crippen molar-refractivity contribution >= 4 is 5.97 Å². The van der Waals surface area contributed by atoms with Gasteiger partial charge < -0.3 is 9.84 Å². The highest BCUT2D eigenvalue weighted by Crippen LogP contribution is 2.49. The lowest BCUT2D eigenvalue weighted by Gasteiger charge is -2.08. The number of hydrogen-bond donors (Lipinski definition) is 2. The number of nitro groups is 1. The molecule has 3 N–H and O–H groups in total. The lowest BCUT2D eigenvalue weighted by molar-refractivity contribution is -0.419. The van der Waals surface area contributed by atoms with Crippen LogP contribution in [0.1, 0.15) is 0 Å². The molecule has 0 aromatic rings. The van der Waals surface area contributed by atoms with Crippen molar-refractivity contribution in [2.45, 2.75) is 11.3 Å². The third-order valence-electron chi connectivity index (χ3n) is 2.25. The first-order valence-electron chi connectivity index (χ1n) is 3.70. The van der Waals surface area contributed by atoms with E-state index in [2.05, 4.69) is 0 Å². The summed E-state index contributed by atoms with van der Waals surface area (Å²) in [5, 5.41) is 19.1. The van der Waals surface area contributed by atoms with Crippen LogP contribution >= 0.6 is 0 Å². The molecule has 0 amide bonds. The number of nitrogens with two attached hydrogens (primary N) is 1. The Kier molecular flexibility index (Phi) is 1.39. The van der Waals surface area contributed by atoms with Gasteiger partial charge in [0.25, 0.3) is 5.70 Å². The number of ether oxygens (including phenoxy) is 1. The molecule has 1 aliphatic heterocycles. The van der Waals surface area contributed by atoms with E-state index >= 15 is 0 Å². The Hall–Kier alpha value is -1.73. The fourth-order valence-corrected chi connectivity index (χ4v) is 1.41. The molecule has 0 aromatic heterocycles. The second-order valence-corrected chi connectivity index (χ2v) is 3.10. The van der Waals surface area contributed by atoms with Gasteiger partial charge in [-0.3, -0.25) is 15.8 Å². The zero-order chi connectivity index (χ0) is 10.6. The number of hydrogen-bond acceptors (Lipinski definition) is 5. The Bertz CT molecular complexity index is 401. The first-order valence-corrected chi connectivity index (χ1v) is 3.70. The molecule has 1 saturated heterocycles. The molecule has 14 heavy (non-hydrogen) atoms. The highest BCUT2D eigenvalue weighted by Gasteiger charge is 2.73. The topological polar surface area (TPSA) is 119 Å². The molecule has 2 aliphatic rings. The fourth-order valence-electron chi connectivity index (χ4n) is 1.41. The maximum atomic E-state index is 10.7. The molecular formula is C7H6N2O5. The fraction of sp³-hybridized carbons (Fsp3) is 0.286. The van der Waals surface area contributed by atoms with E-state index in [9.17, 15) is 14.9 Å². The summed E-state index contributed by atoms with van der Waals surface area (Å²) in [4.78, 5) is 20.5. The lowest BCUT2D eigenvalue weighted by atomic mass is 9.95. The summed E-state index contributed by atoms with van der Waals surface area (Å²) in [6.45, 7) is 0. The van der Waals surface area contributed by atoms with Gasteiger partial charge in [-0.05, 0) is 6.08 Å². The maximum Gasteiger partial charge on any atom is 0.345 e. The average molecular weight is 198 g/mol. The number of allylic oxidation sites excluding steroid dienone is 1. The molecule has 0 bridgehead atoms. The molecule has 0 aromatic carbocycles. The number of carboxylic acid groups (broad SMARTS) is 1. The minimum absolute atomic E-state index is 0.262. The molecule has 2 unspecified atom stereocenters. The number of nitrogens with zero attached hydrogens (tertiary/aromatic N) is 1. The largest absolute Gasteiger partial charge is 0.479 e. The van der Waals surface area contributed by atoms with E-state index in [-0.39, 0.29) is 5.70 Å². The molecule has 7 nitrogen and oxygen atoms in total. The summed E-state index contributed by atoms with van der Waals surface area (Å²) in [6, 6.07) is 0. The van der Waals surface area contributed by atoms with Crippen molar-refractivity contribution in [1.82, 2.24) is 0 Å². The van der Waals surface area contributed by atoms with E-state index < -0.39 is 22.2 Å². The Morgan fingerprint density at radius 3 is 2.79 bits per heavy atom. The molecule has 0 radical (unpaired) electrons. The van der Waals surface area contributed by atoms with Crippen molar-refractivity contribution in [2.24, 2.45) is 5.73 Å². The monoisotopic (exact) mass is 198 g/mol. The quantitative estimate of drug-likeness (QED) is 0.341. The van der Waals surface area contributed by atoms with Gasteiger partial charge in [-0.25, -0.2) is 4.79 Å². The summed E-state index contributed by atoms with van der Waals surface area (Å²) in [5.74, 6) is -1.25. The third kappa shape index (κ3) is 0.847. The minimum atomic E-state index is -1.62. The normalized spacial score (nSPS) is 38.5. The van der Waals surface area contributed by atoms with Gasteiger partial charge >= 0.3 is 5.97 Å². The van der Waals surface area contributed by atoms with Crippen molar-refractivity contribution in [2.75, 3.05) is 0 Å². The molecule has 0 spiro atoms. The molecule has 2 atom stereocenters. The molecule has 1 heterocycles. The number of carbonyl (C=O) groups is 1. The van der Waals surface area contributed by atoms with Crippen molar-refractivity contribution < 1.29 is 19.6 Å². The highest BCUT2D eigenvalue weighted by atomic mass is 16.7. The van der Waals surface area contributed by atoms with Gasteiger partial charge in [-0.15, -0.1) is 0 Å². The second kappa shape index (κ2) is 2.20. The smallest absolute Gasteiger partial charge is 0.345 e. The van der Waals surface area contributed by atoms with Gasteiger partial charge in [-0.1, -0.05) is 0 Å². The van der Waals surface area contributed by atoms with Gasteiger partial charge in [0.15, 0.2) is 5.72 Å². The lowest BCUT2D eigenvalue weighted by Crippen LogP contribution is -2.39. The van der Waals surface area contributed by atoms with E-state index in [1.54, 1.807) is 0 Å². The predicted octanol–water partition coefficient (Wildman–Crippen LogP) is -0.775. The van der Waals surface area contributed by atoms with Crippen molar-refractivity contribution in [3.8, 4) is 0 Å². The van der Waals surface area contributed by atoms with Gasteiger partial charge in [-0.2, -0.15) is 0 Å². The van der Waals surface area contributed by atoms with Gasteiger partial charge in [0.05, 0.1) is 4.92 Å². The van der Waals surface area contributed by atoms with Crippen LogP contribution in [-0.2, 0) is 9.53 Å². The van der Waals surface area contributed by atoms with Crippen molar-refractivity contribution in [3.63, 3.8) is 0 Å². The summed E-state index contributed by atoms with van der Waals surface area (Å²) in [6.07, 6.45) is 3.17. The first-order chi connectivity index (χ1) is 6.41. The van der Waals surface area contributed by atoms with Crippen LogP contribution in [-0.4, -0.2) is 27.3 Å². The van der Waals surface area contributed by atoms with Crippen LogP contribution in [0.2, 0.25) is 0 Å². The molecule has 1 fully saturated rings. The van der Waals surface area contributed by atoms with Crippen LogP contribution in [0.15, 0.2) is 23.9 Å². The Morgan fingerprint density at radius 2 is 2.36 bits per heavy atom. The SMILES string of the molecule is NC12C=C([N+](=O)[O-])C=CC1(C(=O)O)O2. The van der Waals surface area contributed by atoms with Crippen LogP contribution in [0.25, 0.3) is 0 Å². The third-order valence-corrected chi connectivity index (χ3v) is 2.25. The van der Waals surface area contributed by atoms with Crippen LogP contribution in [0.3, 0.4) is 0 Å². The van der Waals surface area contributed by atoms with E-state index in [0.29, 0.717) is 0 Å². The summed E-state index contributed by atoms with van der Waals surface area (Å²) < 4.78 is 4.81. The molecule has 7 heteroatoms. The number of carboxylic acids is 1. The zero-order valence-corrected chi connectivity index (χ0v) is 6.84. The molecule has 74 valence electrons. The summed E-state index contributed by atoms with van der Waals surface area (Å²) in [5.41, 5.74) is 2.03. The van der Waals surface area contributed by atoms with E-state index in [1.165, 1.54) is 0 Å². The number of epoxide rings is 1. The van der Waals surface area contributed by atoms with Gasteiger partial charge in [0.1, 0.15) is 0 Å². The highest BCUT2D eigenvalue weighted by molar-refractivity contribution is 5.87. The number of fused-ring (bicyclic) bond motifs is 1. The van der Waals surface area contributed by atoms with Crippen LogP contribution < -0.4 is 5.73 Å². The number of aliphatic carboxylic acids is 1. The molecule has 2 rings (SSSR count). The summed E-state index contributed by atoms with van der Waals surface area (Å²) >= 11 is 0. The Morgan fingerprint density at radius 1 is 1.71 bits per heavy atom. The minimum Gasteiger partial charge on any atom is -0.479 e. The van der Waals surface area contributed by atoms with E-state index in [1.807, 2.05) is 0 Å².